The fraction of sp³-hybridized carbons (Fsp3) is 0.348. The van der Waals surface area contributed by atoms with Crippen LogP contribution in [-0.4, -0.2) is 55.0 Å². The minimum absolute atomic E-state index is 0.166. The summed E-state index contributed by atoms with van der Waals surface area (Å²) < 4.78 is 28.8. The number of benzene rings is 2. The Hall–Kier alpha value is -2.55. The SMILES string of the molecule is C=C[C@@]1(O)[C@@H]2O[C@H](c3ccccc3)OC[C@H]2O[C@H](OC)[C@@H]1OC(=O)c1ccccc1. The molecule has 7 nitrogen and oxygen atoms in total. The van der Waals surface area contributed by atoms with Gasteiger partial charge in [0.15, 0.2) is 24.3 Å². The number of carbonyl (C=O) groups excluding carboxylic acids is 1. The zero-order chi connectivity index (χ0) is 21.1. The van der Waals surface area contributed by atoms with Crippen molar-refractivity contribution >= 4 is 5.97 Å². The molecule has 2 aromatic carbocycles. The van der Waals surface area contributed by atoms with Crippen molar-refractivity contribution in [2.45, 2.75) is 36.5 Å². The summed E-state index contributed by atoms with van der Waals surface area (Å²) in [7, 11) is 1.41. The number of carbonyl (C=O) groups is 1. The molecule has 4 rings (SSSR count). The van der Waals surface area contributed by atoms with E-state index in [9.17, 15) is 9.90 Å². The highest BCUT2D eigenvalue weighted by molar-refractivity contribution is 5.89. The summed E-state index contributed by atoms with van der Waals surface area (Å²) in [6, 6.07) is 17.9. The Kier molecular flexibility index (Phi) is 5.99. The summed E-state index contributed by atoms with van der Waals surface area (Å²) >= 11 is 0. The molecule has 6 atom stereocenters. The summed E-state index contributed by atoms with van der Waals surface area (Å²) in [5.74, 6) is -0.614. The van der Waals surface area contributed by atoms with Gasteiger partial charge < -0.3 is 28.8 Å². The lowest BCUT2D eigenvalue weighted by molar-refractivity contribution is -0.373. The highest BCUT2D eigenvalue weighted by atomic mass is 16.8. The van der Waals surface area contributed by atoms with Crippen LogP contribution >= 0.6 is 0 Å². The van der Waals surface area contributed by atoms with Crippen molar-refractivity contribution in [1.82, 2.24) is 0 Å². The van der Waals surface area contributed by atoms with Crippen LogP contribution in [0.3, 0.4) is 0 Å². The minimum atomic E-state index is -1.76. The summed E-state index contributed by atoms with van der Waals surface area (Å²) in [6.07, 6.45) is -3.12. The molecule has 0 radical (unpaired) electrons. The molecule has 0 aliphatic carbocycles. The van der Waals surface area contributed by atoms with Crippen LogP contribution in [0.25, 0.3) is 0 Å². The number of ether oxygens (including phenoxy) is 5. The van der Waals surface area contributed by atoms with E-state index < -0.39 is 42.5 Å². The van der Waals surface area contributed by atoms with Crippen molar-refractivity contribution in [3.8, 4) is 0 Å². The number of hydrogen-bond acceptors (Lipinski definition) is 7. The first kappa shape index (κ1) is 20.7. The van der Waals surface area contributed by atoms with Crippen LogP contribution in [0.15, 0.2) is 73.3 Å². The van der Waals surface area contributed by atoms with Crippen molar-refractivity contribution in [1.29, 1.82) is 0 Å². The molecule has 2 saturated heterocycles. The molecule has 2 aliphatic rings. The molecule has 7 heteroatoms. The second kappa shape index (κ2) is 8.67. The average molecular weight is 412 g/mol. The largest absolute Gasteiger partial charge is 0.450 e. The Labute approximate surface area is 174 Å². The molecule has 1 N–H and O–H groups in total. The van der Waals surface area contributed by atoms with Crippen LogP contribution in [0.4, 0.5) is 0 Å². The number of methoxy groups -OCH3 is 1. The smallest absolute Gasteiger partial charge is 0.338 e. The van der Waals surface area contributed by atoms with Gasteiger partial charge in [0.2, 0.25) is 0 Å². The summed E-state index contributed by atoms with van der Waals surface area (Å²) in [6.45, 7) is 3.94. The zero-order valence-corrected chi connectivity index (χ0v) is 16.5. The molecule has 2 heterocycles. The standard InChI is InChI=1S/C23H24O7/c1-3-23(25)18-17(14-27-21(30-18)16-12-8-5-9-13-16)28-22(26-2)19(23)29-20(24)15-10-6-4-7-11-15/h3-13,17-19,21-22,25H,1,14H2,2H3/t17-,18-,19+,21-,22+,23-/m1/s1. The third-order valence-corrected chi connectivity index (χ3v) is 5.36. The van der Waals surface area contributed by atoms with Crippen LogP contribution in [0.5, 0.6) is 0 Å². The Bertz CT molecular complexity index is 872. The molecule has 0 unspecified atom stereocenters. The fourth-order valence-electron chi connectivity index (χ4n) is 3.77. The Morgan fingerprint density at radius 2 is 1.80 bits per heavy atom. The van der Waals surface area contributed by atoms with Gasteiger partial charge in [0.05, 0.1) is 12.2 Å². The molecule has 30 heavy (non-hydrogen) atoms. The van der Waals surface area contributed by atoms with Crippen LogP contribution in [0, 0.1) is 0 Å². The average Bonchev–Trinajstić information content (AvgIpc) is 2.81. The normalized spacial score (nSPS) is 33.3. The van der Waals surface area contributed by atoms with E-state index >= 15 is 0 Å². The lowest BCUT2D eigenvalue weighted by Gasteiger charge is -2.52. The van der Waals surface area contributed by atoms with Crippen LogP contribution in [0.1, 0.15) is 22.2 Å². The van der Waals surface area contributed by atoms with E-state index in [0.29, 0.717) is 5.56 Å². The van der Waals surface area contributed by atoms with Gasteiger partial charge in [-0.1, -0.05) is 61.2 Å². The van der Waals surface area contributed by atoms with Gasteiger partial charge in [-0.2, -0.15) is 0 Å². The van der Waals surface area contributed by atoms with Gasteiger partial charge in [0.25, 0.3) is 0 Å². The second-order valence-corrected chi connectivity index (χ2v) is 7.19. The van der Waals surface area contributed by atoms with Crippen molar-refractivity contribution in [3.05, 3.63) is 84.4 Å². The number of rotatable bonds is 5. The monoisotopic (exact) mass is 412 g/mol. The van der Waals surface area contributed by atoms with Gasteiger partial charge in [0.1, 0.15) is 12.2 Å². The number of aliphatic hydroxyl groups is 1. The first-order valence-electron chi connectivity index (χ1n) is 9.69. The van der Waals surface area contributed by atoms with E-state index in [2.05, 4.69) is 6.58 Å². The van der Waals surface area contributed by atoms with Crippen LogP contribution in [-0.2, 0) is 23.7 Å². The van der Waals surface area contributed by atoms with E-state index in [1.165, 1.54) is 13.2 Å². The summed E-state index contributed by atoms with van der Waals surface area (Å²) in [5, 5.41) is 11.6. The Morgan fingerprint density at radius 1 is 1.13 bits per heavy atom. The predicted octanol–water partition coefficient (Wildman–Crippen LogP) is 2.61. The van der Waals surface area contributed by atoms with E-state index in [1.807, 2.05) is 30.3 Å². The van der Waals surface area contributed by atoms with Gasteiger partial charge in [-0.15, -0.1) is 0 Å². The van der Waals surface area contributed by atoms with Crippen molar-refractivity contribution in [2.75, 3.05) is 13.7 Å². The van der Waals surface area contributed by atoms with E-state index in [0.717, 1.165) is 5.56 Å². The number of hydrogen-bond donors (Lipinski definition) is 1. The first-order chi connectivity index (χ1) is 14.6. The lowest BCUT2D eigenvalue weighted by atomic mass is 9.83. The molecular weight excluding hydrogens is 388 g/mol. The third-order valence-electron chi connectivity index (χ3n) is 5.36. The molecule has 0 aromatic heterocycles. The lowest BCUT2D eigenvalue weighted by Crippen LogP contribution is -2.69. The molecule has 2 aromatic rings. The van der Waals surface area contributed by atoms with Gasteiger partial charge in [-0.05, 0) is 12.1 Å². The number of fused-ring (bicyclic) bond motifs is 1. The quantitative estimate of drug-likeness (QED) is 0.597. The van der Waals surface area contributed by atoms with E-state index in [-0.39, 0.29) is 6.61 Å². The van der Waals surface area contributed by atoms with Gasteiger partial charge in [0, 0.05) is 12.7 Å². The maximum absolute atomic E-state index is 12.7. The topological polar surface area (TPSA) is 83.5 Å². The van der Waals surface area contributed by atoms with Crippen molar-refractivity contribution in [2.24, 2.45) is 0 Å². The van der Waals surface area contributed by atoms with E-state index in [1.54, 1.807) is 30.3 Å². The molecule has 0 amide bonds. The first-order valence-corrected chi connectivity index (χ1v) is 9.69. The van der Waals surface area contributed by atoms with E-state index in [4.69, 9.17) is 23.7 Å². The minimum Gasteiger partial charge on any atom is -0.450 e. The third kappa shape index (κ3) is 3.78. The maximum atomic E-state index is 12.7. The van der Waals surface area contributed by atoms with Gasteiger partial charge in [-0.3, -0.25) is 0 Å². The molecule has 158 valence electrons. The highest BCUT2D eigenvalue weighted by Crippen LogP contribution is 2.41. The summed E-state index contributed by atoms with van der Waals surface area (Å²) in [4.78, 5) is 12.7. The molecule has 0 bridgehead atoms. The second-order valence-electron chi connectivity index (χ2n) is 7.19. The zero-order valence-electron chi connectivity index (χ0n) is 16.5. The predicted molar refractivity (Wildman–Crippen MR) is 106 cm³/mol. The van der Waals surface area contributed by atoms with Crippen LogP contribution < -0.4 is 0 Å². The molecule has 0 spiro atoms. The highest BCUT2D eigenvalue weighted by Gasteiger charge is 2.59. The Balaban J connectivity index is 1.61. The summed E-state index contributed by atoms with van der Waals surface area (Å²) in [5.41, 5.74) is -0.616. The van der Waals surface area contributed by atoms with Crippen molar-refractivity contribution < 1.29 is 33.6 Å². The van der Waals surface area contributed by atoms with Crippen LogP contribution in [0.2, 0.25) is 0 Å². The molecule has 0 saturated carbocycles. The molecular formula is C23H24O7. The molecule has 2 fully saturated rings. The molecule has 2 aliphatic heterocycles. The van der Waals surface area contributed by atoms with Gasteiger partial charge >= 0.3 is 5.97 Å². The Morgan fingerprint density at radius 3 is 2.43 bits per heavy atom. The van der Waals surface area contributed by atoms with Crippen molar-refractivity contribution in [3.63, 3.8) is 0 Å². The fourth-order valence-corrected chi connectivity index (χ4v) is 3.77. The number of esters is 1. The maximum Gasteiger partial charge on any atom is 0.338 e. The van der Waals surface area contributed by atoms with Gasteiger partial charge in [-0.25, -0.2) is 4.79 Å².